The van der Waals surface area contributed by atoms with Gasteiger partial charge in [0.25, 0.3) is 18.0 Å². The Kier molecular flexibility index (Phi) is 6.75. The Bertz CT molecular complexity index is 887. The number of nitrogens with two attached hydrogens (primary N) is 2. The van der Waals surface area contributed by atoms with Crippen molar-refractivity contribution in [2.45, 2.75) is 19.2 Å². The third-order valence-corrected chi connectivity index (χ3v) is 3.82. The zero-order valence-electron chi connectivity index (χ0n) is 15.4. The van der Waals surface area contributed by atoms with Crippen LogP contribution in [0.5, 0.6) is 11.5 Å². The number of nitrogens with one attached hydrogen (secondary N) is 1. The van der Waals surface area contributed by atoms with E-state index < -0.39 is 36.0 Å². The molecule has 0 fully saturated rings. The highest BCUT2D eigenvalue weighted by Crippen LogP contribution is 2.24. The number of benzene rings is 2. The van der Waals surface area contributed by atoms with Gasteiger partial charge in [-0.25, -0.2) is 9.69 Å². The highest BCUT2D eigenvalue weighted by atomic mass is 16.5. The first-order chi connectivity index (χ1) is 13.7. The molecule has 2 atom stereocenters. The molecule has 10 nitrogen and oxygen atoms in total. The molecule has 0 aliphatic rings. The molecule has 2 aromatic rings. The summed E-state index contributed by atoms with van der Waals surface area (Å²) in [5, 5.41) is 11.7. The first kappa shape index (κ1) is 21.2. The average molecular weight is 400 g/mol. The third-order valence-electron chi connectivity index (χ3n) is 3.82. The number of ether oxygens (including phenoxy) is 1. The minimum absolute atomic E-state index is 0.0937. The molecular formula is C19H20N4O6. The van der Waals surface area contributed by atoms with Gasteiger partial charge in [0.15, 0.2) is 0 Å². The number of para-hydroxylation sites is 1. The van der Waals surface area contributed by atoms with Crippen LogP contribution in [0.15, 0.2) is 54.6 Å². The third kappa shape index (κ3) is 5.45. The molecule has 0 aliphatic carbocycles. The summed E-state index contributed by atoms with van der Waals surface area (Å²) in [6, 6.07) is 10.6. The Hall–Kier alpha value is -4.08. The second-order valence-corrected chi connectivity index (χ2v) is 5.94. The smallest absolute Gasteiger partial charge is 0.322 e. The quantitative estimate of drug-likeness (QED) is 0.490. The van der Waals surface area contributed by atoms with Crippen LogP contribution < -0.4 is 21.5 Å². The number of carbonyl (C=O) groups is 4. The van der Waals surface area contributed by atoms with Gasteiger partial charge >= 0.3 is 6.03 Å². The lowest BCUT2D eigenvalue weighted by Crippen LogP contribution is -2.54. The van der Waals surface area contributed by atoms with Crippen molar-refractivity contribution in [3.05, 3.63) is 60.2 Å². The van der Waals surface area contributed by atoms with Crippen molar-refractivity contribution in [3.8, 4) is 11.5 Å². The van der Waals surface area contributed by atoms with Crippen LogP contribution in [-0.2, 0) is 14.4 Å². The van der Waals surface area contributed by atoms with Crippen LogP contribution in [0.2, 0.25) is 0 Å². The minimum Gasteiger partial charge on any atom is -0.508 e. The lowest BCUT2D eigenvalue weighted by molar-refractivity contribution is -0.139. The number of phenols is 1. The maximum absolute atomic E-state index is 12.9. The maximum Gasteiger partial charge on any atom is 0.322 e. The number of nitrogens with zero attached hydrogens (tertiary/aromatic N) is 1. The summed E-state index contributed by atoms with van der Waals surface area (Å²) < 4.78 is 5.39. The largest absolute Gasteiger partial charge is 0.508 e. The maximum atomic E-state index is 12.9. The molecule has 29 heavy (non-hydrogen) atoms. The summed E-state index contributed by atoms with van der Waals surface area (Å²) in [4.78, 5) is 49.0. The molecule has 0 radical (unpaired) electrons. The molecule has 152 valence electrons. The molecule has 0 bridgehead atoms. The Morgan fingerprint density at radius 1 is 1.00 bits per heavy atom. The molecule has 6 N–H and O–H groups in total. The number of carbonyl (C=O) groups excluding carboxylic acids is 4. The Labute approximate surface area is 166 Å². The Balaban J connectivity index is 2.36. The highest BCUT2D eigenvalue weighted by molar-refractivity contribution is 5.99. The van der Waals surface area contributed by atoms with Crippen LogP contribution in [0.3, 0.4) is 0 Å². The van der Waals surface area contributed by atoms with E-state index in [1.54, 1.807) is 30.3 Å². The van der Waals surface area contributed by atoms with E-state index in [1.807, 2.05) is 0 Å². The van der Waals surface area contributed by atoms with Gasteiger partial charge in [0.1, 0.15) is 17.5 Å². The molecule has 2 rings (SSSR count). The van der Waals surface area contributed by atoms with Crippen molar-refractivity contribution in [1.82, 2.24) is 10.2 Å². The van der Waals surface area contributed by atoms with Crippen LogP contribution >= 0.6 is 0 Å². The zero-order chi connectivity index (χ0) is 21.6. The summed E-state index contributed by atoms with van der Waals surface area (Å²) >= 11 is 0. The van der Waals surface area contributed by atoms with E-state index >= 15 is 0 Å². The number of rotatable bonds is 7. The minimum atomic E-state index is -1.58. The number of hydrogen-bond acceptors (Lipinski definition) is 6. The zero-order valence-corrected chi connectivity index (χ0v) is 15.4. The molecular weight excluding hydrogens is 380 g/mol. The van der Waals surface area contributed by atoms with Crippen molar-refractivity contribution in [2.75, 3.05) is 0 Å². The van der Waals surface area contributed by atoms with Crippen LogP contribution in [0.1, 0.15) is 18.5 Å². The number of amides is 5. The van der Waals surface area contributed by atoms with E-state index in [4.69, 9.17) is 16.2 Å². The first-order valence-electron chi connectivity index (χ1n) is 8.40. The van der Waals surface area contributed by atoms with Crippen molar-refractivity contribution in [2.24, 2.45) is 11.5 Å². The number of hydrogen-bond donors (Lipinski definition) is 4. The highest BCUT2D eigenvalue weighted by Gasteiger charge is 2.35. The van der Waals surface area contributed by atoms with E-state index in [1.165, 1.54) is 24.3 Å². The van der Waals surface area contributed by atoms with Crippen molar-refractivity contribution in [3.63, 3.8) is 0 Å². The summed E-state index contributed by atoms with van der Waals surface area (Å²) in [6.07, 6.45) is -1.58. The van der Waals surface area contributed by atoms with Crippen molar-refractivity contribution >= 4 is 23.8 Å². The number of primary amides is 2. The van der Waals surface area contributed by atoms with Gasteiger partial charge in [0.2, 0.25) is 5.91 Å². The molecule has 0 spiro atoms. The van der Waals surface area contributed by atoms with Crippen LogP contribution in [0.4, 0.5) is 4.79 Å². The van der Waals surface area contributed by atoms with Gasteiger partial charge < -0.3 is 26.6 Å². The van der Waals surface area contributed by atoms with Gasteiger partial charge in [-0.3, -0.25) is 14.4 Å². The molecule has 2 aromatic carbocycles. The van der Waals surface area contributed by atoms with Gasteiger partial charge in [-0.05, 0) is 29.8 Å². The molecule has 10 heteroatoms. The van der Waals surface area contributed by atoms with Crippen LogP contribution in [-0.4, -0.2) is 40.0 Å². The van der Waals surface area contributed by atoms with E-state index in [-0.39, 0.29) is 17.1 Å². The van der Waals surface area contributed by atoms with Crippen molar-refractivity contribution in [1.29, 1.82) is 0 Å². The fraction of sp³-hybridized carbons (Fsp3) is 0.158. The van der Waals surface area contributed by atoms with Crippen LogP contribution in [0, 0.1) is 0 Å². The molecule has 2 unspecified atom stereocenters. The molecule has 0 saturated carbocycles. The Morgan fingerprint density at radius 3 is 2.07 bits per heavy atom. The first-order valence-corrected chi connectivity index (χ1v) is 8.40. The topological polar surface area (TPSA) is 165 Å². The second-order valence-electron chi connectivity index (χ2n) is 5.94. The van der Waals surface area contributed by atoms with E-state index in [9.17, 15) is 24.3 Å². The number of urea groups is 1. The van der Waals surface area contributed by atoms with E-state index in [0.29, 0.717) is 4.90 Å². The standard InChI is InChI=1S/C19H20N4O6/c1-11(24)23(19(21)28)15(12-7-9-13(25)10-8-12)17(27)22-18(16(20)26)29-14-5-3-2-4-6-14/h2-10,15,18,25H,1H3,(H2,20,26)(H2,21,28)(H,22,27). The number of phenolic OH excluding ortho intramolecular Hbond substituents is 1. The fourth-order valence-corrected chi connectivity index (χ4v) is 2.54. The van der Waals surface area contributed by atoms with Gasteiger partial charge in [-0.2, -0.15) is 0 Å². The fourth-order valence-electron chi connectivity index (χ4n) is 2.54. The summed E-state index contributed by atoms with van der Waals surface area (Å²) in [5.41, 5.74) is 10.7. The molecule has 0 heterocycles. The second kappa shape index (κ2) is 9.22. The summed E-state index contributed by atoms with van der Waals surface area (Å²) in [6.45, 7) is 1.05. The predicted molar refractivity (Wildman–Crippen MR) is 101 cm³/mol. The summed E-state index contributed by atoms with van der Waals surface area (Å²) in [5.74, 6) is -2.57. The molecule has 5 amide bonds. The molecule has 0 aromatic heterocycles. The Morgan fingerprint density at radius 2 is 1.59 bits per heavy atom. The van der Waals surface area contributed by atoms with Gasteiger partial charge in [-0.1, -0.05) is 30.3 Å². The van der Waals surface area contributed by atoms with E-state index in [0.717, 1.165) is 6.92 Å². The van der Waals surface area contributed by atoms with E-state index in [2.05, 4.69) is 5.32 Å². The number of aromatic hydroxyl groups is 1. The van der Waals surface area contributed by atoms with Gasteiger partial charge in [0, 0.05) is 6.92 Å². The predicted octanol–water partition coefficient (Wildman–Crippen LogP) is 0.367. The van der Waals surface area contributed by atoms with Crippen LogP contribution in [0.25, 0.3) is 0 Å². The van der Waals surface area contributed by atoms with Gasteiger partial charge in [-0.15, -0.1) is 0 Å². The monoisotopic (exact) mass is 400 g/mol. The molecule has 0 aliphatic heterocycles. The SMILES string of the molecule is CC(=O)N(C(N)=O)C(C(=O)NC(Oc1ccccc1)C(N)=O)c1ccc(O)cc1. The van der Waals surface area contributed by atoms with Gasteiger partial charge in [0.05, 0.1) is 0 Å². The lowest BCUT2D eigenvalue weighted by Gasteiger charge is -2.28. The lowest BCUT2D eigenvalue weighted by atomic mass is 10.0. The average Bonchev–Trinajstić information content (AvgIpc) is 2.66. The van der Waals surface area contributed by atoms with Crippen molar-refractivity contribution < 1.29 is 29.0 Å². The number of imide groups is 1. The molecule has 0 saturated heterocycles. The normalized spacial score (nSPS) is 12.3. The summed E-state index contributed by atoms with van der Waals surface area (Å²) in [7, 11) is 0.